The number of nitro benzene ring substituents is 1. The van der Waals surface area contributed by atoms with E-state index in [-0.39, 0.29) is 10.6 Å². The van der Waals surface area contributed by atoms with Crippen LogP contribution in [0.2, 0.25) is 0 Å². The van der Waals surface area contributed by atoms with E-state index in [9.17, 15) is 18.5 Å². The summed E-state index contributed by atoms with van der Waals surface area (Å²) in [5.74, 6) is 0.417. The molecule has 0 amide bonds. The van der Waals surface area contributed by atoms with E-state index >= 15 is 0 Å². The molecule has 1 N–H and O–H groups in total. The number of nitrogens with zero attached hydrogens (tertiary/aromatic N) is 1. The summed E-state index contributed by atoms with van der Waals surface area (Å²) in [6.07, 6.45) is 1.81. The minimum absolute atomic E-state index is 0.180. The standard InChI is InChI=1S/C16H18N2O5S/c1-2-3-11-23-16-10-5-4-9-15(16)17-24(21,22)14-8-6-7-13(12-14)18(19)20/h4-10,12,17H,2-3,11H2,1H3. The topological polar surface area (TPSA) is 98.5 Å². The van der Waals surface area contributed by atoms with Crippen LogP contribution in [0.1, 0.15) is 19.8 Å². The fourth-order valence-corrected chi connectivity index (χ4v) is 3.08. The van der Waals surface area contributed by atoms with Crippen molar-refractivity contribution in [3.05, 3.63) is 58.6 Å². The van der Waals surface area contributed by atoms with Gasteiger partial charge in [0.2, 0.25) is 0 Å². The number of nitrogens with one attached hydrogen (secondary N) is 1. The highest BCUT2D eigenvalue weighted by Gasteiger charge is 2.19. The fraction of sp³-hybridized carbons (Fsp3) is 0.250. The van der Waals surface area contributed by atoms with Crippen LogP contribution >= 0.6 is 0 Å². The van der Waals surface area contributed by atoms with Gasteiger partial charge in [0.1, 0.15) is 5.75 Å². The first kappa shape index (κ1) is 17.7. The summed E-state index contributed by atoms with van der Waals surface area (Å²) in [4.78, 5) is 9.99. The largest absolute Gasteiger partial charge is 0.491 e. The molecule has 8 heteroatoms. The van der Waals surface area contributed by atoms with Crippen molar-refractivity contribution in [1.29, 1.82) is 0 Å². The molecule has 0 aliphatic heterocycles. The van der Waals surface area contributed by atoms with Gasteiger partial charge in [-0.15, -0.1) is 0 Å². The molecule has 0 spiro atoms. The van der Waals surface area contributed by atoms with Gasteiger partial charge in [-0.1, -0.05) is 31.5 Å². The number of unbranched alkanes of at least 4 members (excludes halogenated alkanes) is 1. The summed E-state index contributed by atoms with van der Waals surface area (Å²) < 4.78 is 32.9. The zero-order valence-electron chi connectivity index (χ0n) is 13.1. The van der Waals surface area contributed by atoms with Crippen LogP contribution < -0.4 is 9.46 Å². The number of hydrogen-bond acceptors (Lipinski definition) is 5. The lowest BCUT2D eigenvalue weighted by molar-refractivity contribution is -0.385. The molecule has 0 aliphatic carbocycles. The molecule has 2 aromatic rings. The maximum atomic E-state index is 12.5. The molecule has 24 heavy (non-hydrogen) atoms. The van der Waals surface area contributed by atoms with Gasteiger partial charge in [-0.05, 0) is 24.6 Å². The molecule has 0 fully saturated rings. The van der Waals surface area contributed by atoms with Gasteiger partial charge in [0.25, 0.3) is 15.7 Å². The molecule has 2 aromatic carbocycles. The molecule has 0 radical (unpaired) electrons. The average Bonchev–Trinajstić information content (AvgIpc) is 2.56. The Balaban J connectivity index is 2.26. The van der Waals surface area contributed by atoms with E-state index in [1.165, 1.54) is 18.2 Å². The number of rotatable bonds is 8. The zero-order valence-corrected chi connectivity index (χ0v) is 14.0. The predicted octanol–water partition coefficient (Wildman–Crippen LogP) is 3.57. The van der Waals surface area contributed by atoms with Gasteiger partial charge >= 0.3 is 0 Å². The summed E-state index contributed by atoms with van der Waals surface area (Å²) in [6, 6.07) is 11.6. The average molecular weight is 350 g/mol. The van der Waals surface area contributed by atoms with Gasteiger partial charge in [-0.25, -0.2) is 8.42 Å². The maximum absolute atomic E-state index is 12.5. The van der Waals surface area contributed by atoms with Gasteiger partial charge in [0, 0.05) is 12.1 Å². The van der Waals surface area contributed by atoms with E-state index in [1.807, 2.05) is 6.92 Å². The monoisotopic (exact) mass is 350 g/mol. The van der Waals surface area contributed by atoms with Gasteiger partial charge in [-0.3, -0.25) is 14.8 Å². The van der Waals surface area contributed by atoms with Crippen LogP contribution in [0.25, 0.3) is 0 Å². The zero-order chi connectivity index (χ0) is 17.6. The summed E-state index contributed by atoms with van der Waals surface area (Å²) in [7, 11) is -3.96. The third-order valence-corrected chi connectivity index (χ3v) is 4.59. The quantitative estimate of drug-likeness (QED) is 0.446. The van der Waals surface area contributed by atoms with E-state index in [2.05, 4.69) is 4.72 Å². The van der Waals surface area contributed by atoms with E-state index in [1.54, 1.807) is 24.3 Å². The first-order valence-electron chi connectivity index (χ1n) is 7.43. The Kier molecular flexibility index (Phi) is 5.75. The van der Waals surface area contributed by atoms with Crippen molar-refractivity contribution >= 4 is 21.4 Å². The van der Waals surface area contributed by atoms with E-state index in [4.69, 9.17) is 4.74 Å². The molecule has 0 aromatic heterocycles. The highest BCUT2D eigenvalue weighted by molar-refractivity contribution is 7.92. The number of sulfonamides is 1. The number of anilines is 1. The molecule has 0 saturated carbocycles. The van der Waals surface area contributed by atoms with Crippen LogP contribution in [0.3, 0.4) is 0 Å². The Morgan fingerprint density at radius 2 is 1.92 bits per heavy atom. The molecule has 0 unspecified atom stereocenters. The van der Waals surface area contributed by atoms with E-state index < -0.39 is 14.9 Å². The van der Waals surface area contributed by atoms with Crippen LogP contribution in [0.15, 0.2) is 53.4 Å². The van der Waals surface area contributed by atoms with Crippen molar-refractivity contribution in [2.24, 2.45) is 0 Å². The normalized spacial score (nSPS) is 11.0. The molecule has 0 bridgehead atoms. The molecule has 0 heterocycles. The maximum Gasteiger partial charge on any atom is 0.270 e. The minimum atomic E-state index is -3.96. The Morgan fingerprint density at radius 1 is 1.17 bits per heavy atom. The number of hydrogen-bond donors (Lipinski definition) is 1. The number of ether oxygens (including phenoxy) is 1. The number of para-hydroxylation sites is 2. The fourth-order valence-electron chi connectivity index (χ4n) is 1.97. The summed E-state index contributed by atoms with van der Waals surface area (Å²) in [5, 5.41) is 10.8. The molecular formula is C16H18N2O5S. The highest BCUT2D eigenvalue weighted by Crippen LogP contribution is 2.27. The number of nitro groups is 1. The van der Waals surface area contributed by atoms with Crippen LogP contribution in [-0.4, -0.2) is 19.9 Å². The van der Waals surface area contributed by atoms with Crippen LogP contribution in [0, 0.1) is 10.1 Å². The van der Waals surface area contributed by atoms with Crippen molar-refractivity contribution in [2.45, 2.75) is 24.7 Å². The van der Waals surface area contributed by atoms with Crippen molar-refractivity contribution in [3.63, 3.8) is 0 Å². The first-order chi connectivity index (χ1) is 11.4. The van der Waals surface area contributed by atoms with Crippen molar-refractivity contribution in [1.82, 2.24) is 0 Å². The smallest absolute Gasteiger partial charge is 0.270 e. The van der Waals surface area contributed by atoms with Crippen LogP contribution in [0.5, 0.6) is 5.75 Å². The lowest BCUT2D eigenvalue weighted by Crippen LogP contribution is -2.14. The minimum Gasteiger partial charge on any atom is -0.491 e. The lowest BCUT2D eigenvalue weighted by Gasteiger charge is -2.13. The number of non-ortho nitro benzene ring substituents is 1. The third kappa shape index (κ3) is 4.45. The molecular weight excluding hydrogens is 332 g/mol. The van der Waals surface area contributed by atoms with Crippen molar-refractivity contribution in [3.8, 4) is 5.75 Å². The SMILES string of the molecule is CCCCOc1ccccc1NS(=O)(=O)c1cccc([N+](=O)[O-])c1. The third-order valence-electron chi connectivity index (χ3n) is 3.23. The molecule has 0 aliphatic rings. The molecule has 7 nitrogen and oxygen atoms in total. The van der Waals surface area contributed by atoms with Crippen LogP contribution in [0.4, 0.5) is 11.4 Å². The van der Waals surface area contributed by atoms with E-state index in [0.717, 1.165) is 18.9 Å². The van der Waals surface area contributed by atoms with Crippen LogP contribution in [-0.2, 0) is 10.0 Å². The van der Waals surface area contributed by atoms with Gasteiger partial charge in [0.05, 0.1) is 22.1 Å². The molecule has 2 rings (SSSR count). The Hall–Kier alpha value is -2.61. The summed E-state index contributed by atoms with van der Waals surface area (Å²) in [5.41, 5.74) is 0.00506. The summed E-state index contributed by atoms with van der Waals surface area (Å²) >= 11 is 0. The lowest BCUT2D eigenvalue weighted by atomic mass is 10.3. The molecule has 0 saturated heterocycles. The first-order valence-corrected chi connectivity index (χ1v) is 8.91. The predicted molar refractivity (Wildman–Crippen MR) is 90.7 cm³/mol. The van der Waals surface area contributed by atoms with Crippen molar-refractivity contribution < 1.29 is 18.1 Å². The van der Waals surface area contributed by atoms with E-state index in [0.29, 0.717) is 18.0 Å². The molecule has 0 atom stereocenters. The Labute approximate surface area is 140 Å². The van der Waals surface area contributed by atoms with Gasteiger partial charge in [-0.2, -0.15) is 0 Å². The molecule has 128 valence electrons. The Bertz CT molecular complexity index is 821. The second-order valence-corrected chi connectivity index (χ2v) is 6.74. The second kappa shape index (κ2) is 7.78. The van der Waals surface area contributed by atoms with Crippen molar-refractivity contribution in [2.75, 3.05) is 11.3 Å². The highest BCUT2D eigenvalue weighted by atomic mass is 32.2. The Morgan fingerprint density at radius 3 is 2.62 bits per heavy atom. The van der Waals surface area contributed by atoms with Gasteiger partial charge < -0.3 is 4.74 Å². The second-order valence-electron chi connectivity index (χ2n) is 5.06. The van der Waals surface area contributed by atoms with Gasteiger partial charge in [0.15, 0.2) is 0 Å². The summed E-state index contributed by atoms with van der Waals surface area (Å²) in [6.45, 7) is 2.51. The number of benzene rings is 2.